The van der Waals surface area contributed by atoms with Gasteiger partial charge in [-0.3, -0.25) is 9.59 Å². The first-order chi connectivity index (χ1) is 12.1. The summed E-state index contributed by atoms with van der Waals surface area (Å²) in [5.41, 5.74) is 7.57. The van der Waals surface area contributed by atoms with Gasteiger partial charge in [-0.25, -0.2) is 0 Å². The molecule has 1 amide bonds. The lowest BCUT2D eigenvalue weighted by molar-refractivity contribution is -0.134. The highest BCUT2D eigenvalue weighted by atomic mass is 16.5. The average molecular weight is 364 g/mol. The summed E-state index contributed by atoms with van der Waals surface area (Å²) in [4.78, 5) is 23.9. The molecule has 1 aromatic carbocycles. The van der Waals surface area contributed by atoms with E-state index in [1.165, 1.54) is 6.92 Å². The van der Waals surface area contributed by atoms with Crippen LogP contribution in [0.3, 0.4) is 0 Å². The summed E-state index contributed by atoms with van der Waals surface area (Å²) in [6.07, 6.45) is -0.284. The number of carbonyl (C=O) groups excluding carboxylic acids is 2. The first-order valence-electron chi connectivity index (χ1n) is 9.20. The standard InChI is InChI=1S/C20H32N2O4/c1-12(2)15-8-6-9-16(13(3)4)19(15)26-17(24)10-7-11-22-20(25)18(21)14(5)23/h6,8-9,12-14,18,23H,7,10-11,21H2,1-5H3,(H,22,25)/t14-,18?/m1/s1. The van der Waals surface area contributed by atoms with E-state index in [-0.39, 0.29) is 24.2 Å². The number of ether oxygens (including phenoxy) is 1. The van der Waals surface area contributed by atoms with Gasteiger partial charge in [0.25, 0.3) is 0 Å². The first-order valence-corrected chi connectivity index (χ1v) is 9.20. The molecule has 4 N–H and O–H groups in total. The minimum Gasteiger partial charge on any atom is -0.426 e. The van der Waals surface area contributed by atoms with Crippen molar-refractivity contribution in [3.8, 4) is 5.75 Å². The van der Waals surface area contributed by atoms with Crippen molar-refractivity contribution in [2.24, 2.45) is 5.73 Å². The third-order valence-electron chi connectivity index (χ3n) is 4.22. The Morgan fingerprint density at radius 3 is 2.12 bits per heavy atom. The van der Waals surface area contributed by atoms with Gasteiger partial charge in [-0.1, -0.05) is 45.9 Å². The monoisotopic (exact) mass is 364 g/mol. The third-order valence-corrected chi connectivity index (χ3v) is 4.22. The molecule has 0 aliphatic heterocycles. The maximum absolute atomic E-state index is 12.2. The van der Waals surface area contributed by atoms with E-state index < -0.39 is 18.1 Å². The van der Waals surface area contributed by atoms with E-state index in [4.69, 9.17) is 10.5 Å². The van der Waals surface area contributed by atoms with Crippen molar-refractivity contribution in [1.29, 1.82) is 0 Å². The number of aliphatic hydroxyl groups is 1. The third kappa shape index (κ3) is 6.42. The van der Waals surface area contributed by atoms with Gasteiger partial charge in [-0.05, 0) is 36.3 Å². The Balaban J connectivity index is 2.62. The zero-order valence-electron chi connectivity index (χ0n) is 16.4. The number of para-hydroxylation sites is 1. The van der Waals surface area contributed by atoms with Crippen molar-refractivity contribution in [3.05, 3.63) is 29.3 Å². The lowest BCUT2D eigenvalue weighted by Crippen LogP contribution is -2.47. The zero-order valence-corrected chi connectivity index (χ0v) is 16.4. The maximum atomic E-state index is 12.2. The fourth-order valence-electron chi connectivity index (χ4n) is 2.55. The van der Waals surface area contributed by atoms with Crippen molar-refractivity contribution in [2.45, 2.75) is 71.4 Å². The minimum absolute atomic E-state index is 0.189. The van der Waals surface area contributed by atoms with Gasteiger partial charge >= 0.3 is 5.97 Å². The number of esters is 1. The molecule has 6 nitrogen and oxygen atoms in total. The van der Waals surface area contributed by atoms with Crippen molar-refractivity contribution in [3.63, 3.8) is 0 Å². The molecule has 0 saturated carbocycles. The van der Waals surface area contributed by atoms with Gasteiger partial charge in [0.05, 0.1) is 6.10 Å². The van der Waals surface area contributed by atoms with E-state index in [0.29, 0.717) is 18.7 Å². The average Bonchev–Trinajstić information content (AvgIpc) is 2.57. The molecule has 1 unspecified atom stereocenters. The van der Waals surface area contributed by atoms with E-state index in [9.17, 15) is 14.7 Å². The Kier molecular flexibility index (Phi) is 8.75. The van der Waals surface area contributed by atoms with Crippen molar-refractivity contribution < 1.29 is 19.4 Å². The van der Waals surface area contributed by atoms with Crippen LogP contribution in [0.2, 0.25) is 0 Å². The fourth-order valence-corrected chi connectivity index (χ4v) is 2.55. The normalized spacial score (nSPS) is 13.6. The summed E-state index contributed by atoms with van der Waals surface area (Å²) in [6, 6.07) is 4.99. The van der Waals surface area contributed by atoms with Crippen LogP contribution in [0.1, 0.15) is 70.4 Å². The molecule has 1 aromatic rings. The molecule has 0 bridgehead atoms. The maximum Gasteiger partial charge on any atom is 0.311 e. The summed E-state index contributed by atoms with van der Waals surface area (Å²) >= 11 is 0. The number of amides is 1. The van der Waals surface area contributed by atoms with Gasteiger partial charge in [0.1, 0.15) is 11.8 Å². The van der Waals surface area contributed by atoms with Crippen LogP contribution in [0, 0.1) is 0 Å². The van der Waals surface area contributed by atoms with Gasteiger partial charge in [-0.2, -0.15) is 0 Å². The first kappa shape index (κ1) is 22.1. The molecule has 0 saturated heterocycles. The molecule has 6 heteroatoms. The van der Waals surface area contributed by atoms with Gasteiger partial charge in [0, 0.05) is 13.0 Å². The van der Waals surface area contributed by atoms with E-state index in [1.807, 2.05) is 18.2 Å². The number of rotatable bonds is 9. The molecule has 2 atom stereocenters. The van der Waals surface area contributed by atoms with E-state index in [2.05, 4.69) is 33.0 Å². The topological polar surface area (TPSA) is 102 Å². The van der Waals surface area contributed by atoms with E-state index in [0.717, 1.165) is 11.1 Å². The van der Waals surface area contributed by atoms with Crippen LogP contribution in [-0.2, 0) is 9.59 Å². The molecule has 0 fully saturated rings. The van der Waals surface area contributed by atoms with Crippen LogP contribution >= 0.6 is 0 Å². The molecule has 0 spiro atoms. The van der Waals surface area contributed by atoms with Crippen LogP contribution in [0.4, 0.5) is 0 Å². The van der Waals surface area contributed by atoms with E-state index >= 15 is 0 Å². The number of benzene rings is 1. The molecule has 1 rings (SSSR count). The van der Waals surface area contributed by atoms with Crippen LogP contribution in [-0.4, -0.2) is 35.7 Å². The molecular weight excluding hydrogens is 332 g/mol. The number of nitrogens with two attached hydrogens (primary N) is 1. The van der Waals surface area contributed by atoms with Crippen molar-refractivity contribution in [2.75, 3.05) is 6.54 Å². The van der Waals surface area contributed by atoms with Crippen molar-refractivity contribution >= 4 is 11.9 Å². The molecular formula is C20H32N2O4. The summed E-state index contributed by atoms with van der Waals surface area (Å²) in [6.45, 7) is 10.0. The Bertz CT molecular complexity index is 586. The molecule has 146 valence electrons. The highest BCUT2D eigenvalue weighted by Gasteiger charge is 2.19. The number of hydrogen-bond acceptors (Lipinski definition) is 5. The summed E-state index contributed by atoms with van der Waals surface area (Å²) in [5, 5.41) is 11.9. The van der Waals surface area contributed by atoms with Crippen LogP contribution in [0.25, 0.3) is 0 Å². The summed E-state index contributed by atoms with van der Waals surface area (Å²) in [5.74, 6) is 0.396. The number of nitrogens with one attached hydrogen (secondary N) is 1. The quantitative estimate of drug-likeness (QED) is 0.355. The SMILES string of the molecule is CC(C)c1cccc(C(C)C)c1OC(=O)CCCNC(=O)C(N)[C@@H](C)O. The zero-order chi connectivity index (χ0) is 19.9. The predicted molar refractivity (Wildman–Crippen MR) is 102 cm³/mol. The molecule has 26 heavy (non-hydrogen) atoms. The van der Waals surface area contributed by atoms with Gasteiger partial charge in [-0.15, -0.1) is 0 Å². The lowest BCUT2D eigenvalue weighted by Gasteiger charge is -2.19. The smallest absolute Gasteiger partial charge is 0.311 e. The number of carbonyl (C=O) groups is 2. The Morgan fingerprint density at radius 1 is 1.12 bits per heavy atom. The van der Waals surface area contributed by atoms with Crippen LogP contribution < -0.4 is 15.8 Å². The highest BCUT2D eigenvalue weighted by molar-refractivity contribution is 5.82. The molecule has 0 aromatic heterocycles. The van der Waals surface area contributed by atoms with Gasteiger partial charge in [0.15, 0.2) is 0 Å². The summed E-state index contributed by atoms with van der Waals surface area (Å²) in [7, 11) is 0. The van der Waals surface area contributed by atoms with Crippen LogP contribution in [0.5, 0.6) is 5.75 Å². The molecule has 0 aliphatic carbocycles. The molecule has 0 heterocycles. The highest BCUT2D eigenvalue weighted by Crippen LogP contribution is 2.34. The summed E-state index contributed by atoms with van der Waals surface area (Å²) < 4.78 is 5.68. The minimum atomic E-state index is -0.964. The number of aliphatic hydroxyl groups excluding tert-OH is 1. The van der Waals surface area contributed by atoms with Gasteiger partial charge < -0.3 is 20.9 Å². The Hall–Kier alpha value is -1.92. The van der Waals surface area contributed by atoms with Gasteiger partial charge in [0.2, 0.25) is 5.91 Å². The Labute approximate surface area is 156 Å². The fraction of sp³-hybridized carbons (Fsp3) is 0.600. The van der Waals surface area contributed by atoms with E-state index in [1.54, 1.807) is 0 Å². The number of hydrogen-bond donors (Lipinski definition) is 3. The Morgan fingerprint density at radius 2 is 1.65 bits per heavy atom. The lowest BCUT2D eigenvalue weighted by atomic mass is 9.94. The second-order valence-electron chi connectivity index (χ2n) is 7.21. The molecule has 0 radical (unpaired) electrons. The second kappa shape index (κ2) is 10.3. The molecule has 0 aliphatic rings. The van der Waals surface area contributed by atoms with Crippen LogP contribution in [0.15, 0.2) is 18.2 Å². The second-order valence-corrected chi connectivity index (χ2v) is 7.21. The predicted octanol–water partition coefficient (Wildman–Crippen LogP) is 2.44. The van der Waals surface area contributed by atoms with Crippen molar-refractivity contribution in [1.82, 2.24) is 5.32 Å². The largest absolute Gasteiger partial charge is 0.426 e.